The van der Waals surface area contributed by atoms with Crippen LogP contribution in [0.5, 0.6) is 0 Å². The van der Waals surface area contributed by atoms with Crippen LogP contribution in [0.1, 0.15) is 755 Å². The quantitative estimate of drug-likeness (QED) is 0.0466. The summed E-state index contributed by atoms with van der Waals surface area (Å²) in [5, 5.41) is 0. The molecule has 0 aromatic heterocycles. The second-order valence-corrected chi connectivity index (χ2v) is 45.4. The first-order chi connectivity index (χ1) is 67.0. The minimum Gasteiger partial charge on any atom is -0.448 e. The van der Waals surface area contributed by atoms with E-state index in [-0.39, 0.29) is 0 Å². The Kier molecular flexibility index (Phi) is 97.7. The van der Waals surface area contributed by atoms with Crippen molar-refractivity contribution >= 4 is 11.4 Å². The summed E-state index contributed by atoms with van der Waals surface area (Å²) in [6, 6.07) is 15.4. The van der Waals surface area contributed by atoms with Gasteiger partial charge in [0.15, 0.2) is 0 Å². The fourth-order valence-electron chi connectivity index (χ4n) is 22.6. The maximum Gasteiger partial charge on any atom is 0.215 e. The SMILES string of the molecule is CCCCC=C1C=C(c2cc(CCCCCCCCCCCCCCCCCCCCCCCCCCCC)cc(CCCCCCCCCCCCCCCCCCCCCCCCCCCC)c2)[N+]([NH-])=C1c1cc(CCCCCCCCCCCCCCCCCCCCCCCCCCCC)cc(CCCCCCCCCCCCCCCCCCCCCCCCCCCC)c1. The Bertz CT molecular complexity index is 2640. The van der Waals surface area contributed by atoms with E-state index in [2.05, 4.69) is 83.2 Å². The maximum atomic E-state index is 10.4. The average Bonchev–Trinajstić information content (AvgIpc) is 1.63. The summed E-state index contributed by atoms with van der Waals surface area (Å²) in [5.74, 6) is 10.4. The van der Waals surface area contributed by atoms with Crippen LogP contribution in [-0.4, -0.2) is 10.4 Å². The summed E-state index contributed by atoms with van der Waals surface area (Å²) in [5.41, 5.74) is 12.2. The van der Waals surface area contributed by atoms with Crippen molar-refractivity contribution in [3.05, 3.63) is 93.3 Å². The Morgan fingerprint density at radius 1 is 0.163 bits per heavy atom. The minimum atomic E-state index is 1.07. The highest BCUT2D eigenvalue weighted by Crippen LogP contribution is 2.34. The predicted molar refractivity (Wildman–Crippen MR) is 615 cm³/mol. The fourth-order valence-corrected chi connectivity index (χ4v) is 22.6. The summed E-state index contributed by atoms with van der Waals surface area (Å²) in [6.07, 6.45) is 163. The van der Waals surface area contributed by atoms with Crippen LogP contribution in [0.4, 0.5) is 0 Å². The lowest BCUT2D eigenvalue weighted by Crippen LogP contribution is -2.13. The van der Waals surface area contributed by atoms with Crippen LogP contribution in [0.25, 0.3) is 11.5 Å². The van der Waals surface area contributed by atoms with Crippen molar-refractivity contribution in [2.45, 2.75) is 747 Å². The Balaban J connectivity index is 1.59. The Hall–Kier alpha value is -2.61. The lowest BCUT2D eigenvalue weighted by Gasteiger charge is -2.14. The molecule has 0 fully saturated rings. The van der Waals surface area contributed by atoms with E-state index in [0.717, 1.165) is 43.5 Å². The van der Waals surface area contributed by atoms with Crippen LogP contribution in [0.15, 0.2) is 54.1 Å². The molecule has 0 radical (unpaired) electrons. The van der Waals surface area contributed by atoms with Gasteiger partial charge in [0, 0.05) is 22.8 Å². The number of hydrogen-bond acceptors (Lipinski definition) is 0. The largest absolute Gasteiger partial charge is 0.448 e. The summed E-state index contributed by atoms with van der Waals surface area (Å²) in [7, 11) is 0. The Morgan fingerprint density at radius 3 is 0.444 bits per heavy atom. The molecule has 0 saturated carbocycles. The van der Waals surface area contributed by atoms with E-state index in [1.807, 2.05) is 4.68 Å². The van der Waals surface area contributed by atoms with Gasteiger partial charge in [0.2, 0.25) is 11.4 Å². The number of unbranched alkanes of at least 4 members (excludes halogenated alkanes) is 102. The van der Waals surface area contributed by atoms with Crippen molar-refractivity contribution in [3.63, 3.8) is 0 Å². The number of allylic oxidation sites excluding steroid dienone is 3. The molecule has 1 N–H and O–H groups in total. The number of hydrogen-bond donors (Lipinski definition) is 0. The predicted octanol–water partition coefficient (Wildman–Crippen LogP) is 48.4. The number of rotatable bonds is 113. The van der Waals surface area contributed by atoms with E-state index < -0.39 is 0 Å². The van der Waals surface area contributed by atoms with E-state index >= 15 is 0 Å². The van der Waals surface area contributed by atoms with Gasteiger partial charge in [-0.05, 0) is 104 Å². The first-order valence-corrected chi connectivity index (χ1v) is 64.1. The highest BCUT2D eigenvalue weighted by Gasteiger charge is 2.30. The lowest BCUT2D eigenvalue weighted by molar-refractivity contribution is -0.347. The van der Waals surface area contributed by atoms with Gasteiger partial charge < -0.3 is 5.84 Å². The highest BCUT2D eigenvalue weighted by molar-refractivity contribution is 6.15. The molecular weight excluding hydrogens is 1630 g/mol. The molecule has 135 heavy (non-hydrogen) atoms. The van der Waals surface area contributed by atoms with Crippen LogP contribution >= 0.6 is 0 Å². The normalized spacial score (nSPS) is 12.7. The number of nitrogens with zero attached hydrogens (tertiary/aromatic N) is 1. The van der Waals surface area contributed by atoms with Gasteiger partial charge in [0.1, 0.15) is 0 Å². The molecule has 0 unspecified atom stereocenters. The molecule has 1 aliphatic rings. The van der Waals surface area contributed by atoms with Crippen molar-refractivity contribution in [1.82, 2.24) is 0 Å². The molecule has 2 nitrogen and oxygen atoms in total. The molecule has 0 aliphatic carbocycles. The summed E-state index contributed by atoms with van der Waals surface area (Å²) >= 11 is 0. The van der Waals surface area contributed by atoms with E-state index in [4.69, 9.17) is 0 Å². The third kappa shape index (κ3) is 83.4. The van der Waals surface area contributed by atoms with Crippen molar-refractivity contribution in [3.8, 4) is 0 Å². The van der Waals surface area contributed by atoms with Crippen LogP contribution in [0.2, 0.25) is 0 Å². The van der Waals surface area contributed by atoms with Crippen molar-refractivity contribution in [2.75, 3.05) is 0 Å². The summed E-state index contributed by atoms with van der Waals surface area (Å²) < 4.78 is 1.93. The van der Waals surface area contributed by atoms with E-state index in [1.165, 1.54) is 720 Å². The Labute approximate surface area is 851 Å². The molecule has 2 heteroatoms. The minimum absolute atomic E-state index is 1.07. The molecule has 0 saturated heterocycles. The monoisotopic (exact) mass is 1870 g/mol. The molecule has 3 rings (SSSR count). The zero-order valence-electron chi connectivity index (χ0n) is 93.6. The van der Waals surface area contributed by atoms with Crippen LogP contribution in [-0.2, 0) is 25.7 Å². The zero-order chi connectivity index (χ0) is 95.9. The van der Waals surface area contributed by atoms with Gasteiger partial charge in [-0.15, -0.1) is 0 Å². The summed E-state index contributed by atoms with van der Waals surface area (Å²) in [4.78, 5) is 0. The van der Waals surface area contributed by atoms with Crippen LogP contribution < -0.4 is 0 Å². The number of benzene rings is 2. The second-order valence-electron chi connectivity index (χ2n) is 45.4. The molecule has 1 heterocycles. The van der Waals surface area contributed by atoms with Crippen molar-refractivity contribution < 1.29 is 4.68 Å². The molecule has 0 spiro atoms. The first-order valence-electron chi connectivity index (χ1n) is 64.1. The van der Waals surface area contributed by atoms with Gasteiger partial charge in [-0.1, -0.05) is 708 Å². The third-order valence-corrected chi connectivity index (χ3v) is 31.9. The topological polar surface area (TPSA) is 26.8 Å². The number of nitrogens with one attached hydrogen (secondary N) is 1. The second kappa shape index (κ2) is 104. The van der Waals surface area contributed by atoms with Crippen LogP contribution in [0.3, 0.4) is 0 Å². The molecular formula is C133H246N2. The zero-order valence-corrected chi connectivity index (χ0v) is 93.6. The Morgan fingerprint density at radius 2 is 0.296 bits per heavy atom. The average molecular weight is 1870 g/mol. The first kappa shape index (κ1) is 127. The van der Waals surface area contributed by atoms with E-state index in [0.29, 0.717) is 0 Å². The van der Waals surface area contributed by atoms with Crippen LogP contribution in [0, 0.1) is 0 Å². The van der Waals surface area contributed by atoms with Gasteiger partial charge in [0.05, 0.1) is 0 Å². The molecule has 788 valence electrons. The molecule has 2 aromatic rings. The molecule has 0 amide bonds. The lowest BCUT2D eigenvalue weighted by atomic mass is 9.93. The molecule has 0 bridgehead atoms. The van der Waals surface area contributed by atoms with Gasteiger partial charge in [-0.25, -0.2) is 4.68 Å². The molecule has 1 aliphatic heterocycles. The van der Waals surface area contributed by atoms with Gasteiger partial charge in [0.25, 0.3) is 0 Å². The highest BCUT2D eigenvalue weighted by atomic mass is 15.3. The van der Waals surface area contributed by atoms with E-state index in [1.54, 1.807) is 0 Å². The van der Waals surface area contributed by atoms with Crippen molar-refractivity contribution in [1.29, 1.82) is 0 Å². The smallest absolute Gasteiger partial charge is 0.215 e. The van der Waals surface area contributed by atoms with Gasteiger partial charge in [-0.2, -0.15) is 0 Å². The number of aryl methyl sites for hydroxylation is 4. The standard InChI is InChI=1S/C133H246N2/c1-6-11-16-20-24-28-32-36-40-44-48-52-56-60-64-68-72-76-80-84-88-92-96-100-104-109-113-125-118-126(114-110-105-101-97-93-89-85-81-77-73-69-65-61-57-53-49-45-41-37-33-29-25-21-17-12-7-2)121-130(120-125)132-124-129(117-108-15-10-5)133(135(132)134)131-122-127(115-111-106-102-98-94-90-86-82-78-74-70-66-62-58-54-50-46-42-38-34-30-26-22-18-13-8-3)119-128(123-131)116-112-107-103-99-95-91-87-83-79-75-71-67-63-59-55-51-47-43-39-35-31-27-23-19-14-9-4/h117-124,134H,6-116H2,1-5H3. The molecule has 2 aromatic carbocycles. The van der Waals surface area contributed by atoms with Crippen molar-refractivity contribution in [2.24, 2.45) is 0 Å². The maximum absolute atomic E-state index is 10.4. The summed E-state index contributed by atoms with van der Waals surface area (Å²) in [6.45, 7) is 11.6. The third-order valence-electron chi connectivity index (χ3n) is 31.9. The van der Waals surface area contributed by atoms with E-state index in [9.17, 15) is 5.84 Å². The molecule has 0 atom stereocenters. The van der Waals surface area contributed by atoms with Gasteiger partial charge >= 0.3 is 0 Å². The fraction of sp³-hybridized carbons (Fsp3) is 0.872. The van der Waals surface area contributed by atoms with Gasteiger partial charge in [-0.3, -0.25) is 0 Å².